The SMILES string of the molecule is C/C=C/c1cccc2c1OC(CC)CN2C(=O)OCC(C)C. The lowest BCUT2D eigenvalue weighted by Crippen LogP contribution is -2.44. The van der Waals surface area contributed by atoms with E-state index in [2.05, 4.69) is 6.92 Å². The summed E-state index contributed by atoms with van der Waals surface area (Å²) in [6, 6.07) is 5.84. The van der Waals surface area contributed by atoms with Crippen molar-refractivity contribution < 1.29 is 14.3 Å². The van der Waals surface area contributed by atoms with Crippen molar-refractivity contribution in [3.63, 3.8) is 0 Å². The third-order valence-electron chi connectivity index (χ3n) is 3.55. The highest BCUT2D eigenvalue weighted by Gasteiger charge is 2.31. The molecule has 1 amide bonds. The highest BCUT2D eigenvalue weighted by atomic mass is 16.6. The second-order valence-electron chi connectivity index (χ2n) is 5.92. The number of anilines is 1. The summed E-state index contributed by atoms with van der Waals surface area (Å²) < 4.78 is 11.5. The maximum absolute atomic E-state index is 12.4. The summed E-state index contributed by atoms with van der Waals surface area (Å²) in [6.45, 7) is 9.04. The molecule has 1 aliphatic heterocycles. The Balaban J connectivity index is 2.33. The zero-order chi connectivity index (χ0) is 16.1. The summed E-state index contributed by atoms with van der Waals surface area (Å²) in [4.78, 5) is 14.1. The van der Waals surface area contributed by atoms with Gasteiger partial charge in [0.25, 0.3) is 0 Å². The second kappa shape index (κ2) is 7.34. The number of hydrogen-bond donors (Lipinski definition) is 0. The van der Waals surface area contributed by atoms with E-state index in [-0.39, 0.29) is 12.2 Å². The Bertz CT molecular complexity index is 551. The van der Waals surface area contributed by atoms with E-state index in [0.29, 0.717) is 19.1 Å². The summed E-state index contributed by atoms with van der Waals surface area (Å²) in [7, 11) is 0. The van der Waals surface area contributed by atoms with E-state index < -0.39 is 0 Å². The van der Waals surface area contributed by atoms with Crippen molar-refractivity contribution in [2.24, 2.45) is 5.92 Å². The van der Waals surface area contributed by atoms with Crippen LogP contribution < -0.4 is 9.64 Å². The van der Waals surface area contributed by atoms with E-state index in [0.717, 1.165) is 23.4 Å². The van der Waals surface area contributed by atoms with Crippen LogP contribution in [0.4, 0.5) is 10.5 Å². The minimum absolute atomic E-state index is 0.00879. The molecule has 0 aromatic heterocycles. The van der Waals surface area contributed by atoms with Gasteiger partial charge in [-0.3, -0.25) is 4.90 Å². The summed E-state index contributed by atoms with van der Waals surface area (Å²) in [5.74, 6) is 1.08. The third kappa shape index (κ3) is 3.62. The smallest absolute Gasteiger partial charge is 0.414 e. The Hall–Kier alpha value is -1.97. The molecule has 1 aromatic carbocycles. The molecular formula is C18H25NO3. The third-order valence-corrected chi connectivity index (χ3v) is 3.55. The largest absolute Gasteiger partial charge is 0.486 e. The van der Waals surface area contributed by atoms with E-state index in [1.807, 2.05) is 51.1 Å². The fourth-order valence-corrected chi connectivity index (χ4v) is 2.40. The molecule has 2 rings (SSSR count). The number of carbonyl (C=O) groups excluding carboxylic acids is 1. The highest BCUT2D eigenvalue weighted by molar-refractivity contribution is 5.91. The normalized spacial score (nSPS) is 17.5. The molecular weight excluding hydrogens is 278 g/mol. The predicted molar refractivity (Wildman–Crippen MR) is 89.4 cm³/mol. The van der Waals surface area contributed by atoms with E-state index in [1.54, 1.807) is 4.90 Å². The van der Waals surface area contributed by atoms with Gasteiger partial charge in [0.1, 0.15) is 6.10 Å². The number of rotatable bonds is 4. The first-order chi connectivity index (χ1) is 10.6. The fourth-order valence-electron chi connectivity index (χ4n) is 2.40. The molecule has 1 heterocycles. The van der Waals surface area contributed by atoms with Crippen molar-refractivity contribution >= 4 is 17.9 Å². The van der Waals surface area contributed by atoms with E-state index in [4.69, 9.17) is 9.47 Å². The van der Waals surface area contributed by atoms with Gasteiger partial charge in [-0.2, -0.15) is 0 Å². The molecule has 4 nitrogen and oxygen atoms in total. The van der Waals surface area contributed by atoms with Crippen LogP contribution in [-0.4, -0.2) is 25.3 Å². The number of carbonyl (C=O) groups is 1. The van der Waals surface area contributed by atoms with Crippen LogP contribution in [0.1, 0.15) is 39.7 Å². The molecule has 22 heavy (non-hydrogen) atoms. The molecule has 1 aromatic rings. The number of ether oxygens (including phenoxy) is 2. The topological polar surface area (TPSA) is 38.8 Å². The molecule has 0 N–H and O–H groups in total. The van der Waals surface area contributed by atoms with Gasteiger partial charge in [-0.1, -0.05) is 45.1 Å². The summed E-state index contributed by atoms with van der Waals surface area (Å²) in [5, 5.41) is 0. The Morgan fingerprint density at radius 1 is 1.50 bits per heavy atom. The molecule has 0 spiro atoms. The zero-order valence-corrected chi connectivity index (χ0v) is 13.8. The number of amides is 1. The monoisotopic (exact) mass is 303 g/mol. The fraction of sp³-hybridized carbons (Fsp3) is 0.500. The molecule has 120 valence electrons. The molecule has 0 saturated carbocycles. The van der Waals surface area contributed by atoms with Crippen LogP contribution in [0, 0.1) is 5.92 Å². The molecule has 1 atom stereocenters. The predicted octanol–water partition coefficient (Wildman–Crippen LogP) is 4.49. The quantitative estimate of drug-likeness (QED) is 0.822. The molecule has 0 radical (unpaired) electrons. The van der Waals surface area contributed by atoms with Crippen LogP contribution in [0.25, 0.3) is 6.08 Å². The number of para-hydroxylation sites is 1. The van der Waals surface area contributed by atoms with Crippen LogP contribution in [0.3, 0.4) is 0 Å². The number of benzene rings is 1. The molecule has 0 saturated heterocycles. The first kappa shape index (κ1) is 16.4. The number of nitrogens with zero attached hydrogens (tertiary/aromatic N) is 1. The molecule has 4 heteroatoms. The van der Waals surface area contributed by atoms with Crippen LogP contribution in [-0.2, 0) is 4.74 Å². The Morgan fingerprint density at radius 3 is 2.91 bits per heavy atom. The van der Waals surface area contributed by atoms with Gasteiger partial charge < -0.3 is 9.47 Å². The van der Waals surface area contributed by atoms with Crippen molar-refractivity contribution in [1.82, 2.24) is 0 Å². The lowest BCUT2D eigenvalue weighted by Gasteiger charge is -2.34. The van der Waals surface area contributed by atoms with Crippen molar-refractivity contribution in [2.45, 2.75) is 40.2 Å². The maximum Gasteiger partial charge on any atom is 0.414 e. The van der Waals surface area contributed by atoms with Crippen molar-refractivity contribution in [2.75, 3.05) is 18.1 Å². The minimum atomic E-state index is -0.297. The molecule has 0 aliphatic carbocycles. The number of fused-ring (bicyclic) bond motifs is 1. The average Bonchev–Trinajstić information content (AvgIpc) is 2.52. The Kier molecular flexibility index (Phi) is 5.47. The van der Waals surface area contributed by atoms with Gasteiger partial charge in [0, 0.05) is 5.56 Å². The van der Waals surface area contributed by atoms with E-state index in [1.165, 1.54) is 0 Å². The first-order valence-corrected chi connectivity index (χ1v) is 7.93. The maximum atomic E-state index is 12.4. The molecule has 1 unspecified atom stereocenters. The molecule has 0 bridgehead atoms. The van der Waals surface area contributed by atoms with Crippen LogP contribution in [0.2, 0.25) is 0 Å². The Labute approximate surface area is 132 Å². The highest BCUT2D eigenvalue weighted by Crippen LogP contribution is 2.38. The molecule has 1 aliphatic rings. The average molecular weight is 303 g/mol. The van der Waals surface area contributed by atoms with Gasteiger partial charge >= 0.3 is 6.09 Å². The van der Waals surface area contributed by atoms with Crippen LogP contribution in [0.5, 0.6) is 5.75 Å². The summed E-state index contributed by atoms with van der Waals surface area (Å²) in [5.41, 5.74) is 1.77. The number of allylic oxidation sites excluding steroid dienone is 1. The van der Waals surface area contributed by atoms with E-state index in [9.17, 15) is 4.79 Å². The second-order valence-corrected chi connectivity index (χ2v) is 5.92. The van der Waals surface area contributed by atoms with Crippen LogP contribution >= 0.6 is 0 Å². The van der Waals surface area contributed by atoms with Gasteiger partial charge in [-0.15, -0.1) is 0 Å². The van der Waals surface area contributed by atoms with Crippen molar-refractivity contribution in [3.8, 4) is 5.75 Å². The standard InChI is InChI=1S/C18H25NO3/c1-5-8-14-9-7-10-16-17(14)22-15(6-2)11-19(16)18(20)21-12-13(3)4/h5,7-10,13,15H,6,11-12H2,1-4H3/b8-5+. The van der Waals surface area contributed by atoms with Crippen molar-refractivity contribution in [1.29, 1.82) is 0 Å². The molecule has 0 fully saturated rings. The van der Waals surface area contributed by atoms with Crippen LogP contribution in [0.15, 0.2) is 24.3 Å². The van der Waals surface area contributed by atoms with Gasteiger partial charge in [-0.05, 0) is 25.3 Å². The zero-order valence-electron chi connectivity index (χ0n) is 13.8. The number of hydrogen-bond acceptors (Lipinski definition) is 3. The van der Waals surface area contributed by atoms with Gasteiger partial charge in [0.15, 0.2) is 5.75 Å². The lowest BCUT2D eigenvalue weighted by molar-refractivity contribution is 0.129. The van der Waals surface area contributed by atoms with Crippen molar-refractivity contribution in [3.05, 3.63) is 29.8 Å². The van der Waals surface area contributed by atoms with E-state index >= 15 is 0 Å². The minimum Gasteiger partial charge on any atom is -0.486 e. The van der Waals surface area contributed by atoms with Gasteiger partial charge in [-0.25, -0.2) is 4.79 Å². The first-order valence-electron chi connectivity index (χ1n) is 7.93. The lowest BCUT2D eigenvalue weighted by atomic mass is 10.1. The Morgan fingerprint density at radius 2 is 2.27 bits per heavy atom. The summed E-state index contributed by atoms with van der Waals surface area (Å²) in [6.07, 6.45) is 4.50. The van der Waals surface area contributed by atoms with Gasteiger partial charge in [0.2, 0.25) is 0 Å². The summed E-state index contributed by atoms with van der Waals surface area (Å²) >= 11 is 0. The van der Waals surface area contributed by atoms with Gasteiger partial charge in [0.05, 0.1) is 18.8 Å².